The highest BCUT2D eigenvalue weighted by Gasteiger charge is 2.11. The molecule has 1 nitrogen and oxygen atoms in total. The van der Waals surface area contributed by atoms with Crippen LogP contribution in [-0.2, 0) is 11.9 Å². The van der Waals surface area contributed by atoms with Gasteiger partial charge in [-0.05, 0) is 46.6 Å². The second kappa shape index (κ2) is 7.05. The summed E-state index contributed by atoms with van der Waals surface area (Å²) in [5.41, 5.74) is 2.89. The Hall–Kier alpha value is -0.390. The van der Waals surface area contributed by atoms with Gasteiger partial charge in [0.2, 0.25) is 0 Å². The van der Waals surface area contributed by atoms with Crippen molar-refractivity contribution in [3.63, 3.8) is 0 Å². The Kier molecular flexibility index (Phi) is 5.64. The second-order valence-electron chi connectivity index (χ2n) is 4.35. The van der Waals surface area contributed by atoms with Crippen molar-refractivity contribution in [3.05, 3.63) is 61.8 Å². The molecule has 2 aromatic carbocycles. The zero-order valence-electron chi connectivity index (χ0n) is 10.7. The standard InChI is InChI=1S/C15H12Br3FO/c1-9-5-12(17)6-11(7-16)15(9)20-8-10-3-2-4-13(19)14(10)18/h2-6H,7-8H2,1H3. The van der Waals surface area contributed by atoms with Crippen molar-refractivity contribution in [1.29, 1.82) is 0 Å². The molecule has 0 fully saturated rings. The van der Waals surface area contributed by atoms with Crippen LogP contribution >= 0.6 is 47.8 Å². The number of benzene rings is 2. The molecule has 0 spiro atoms. The van der Waals surface area contributed by atoms with E-state index in [9.17, 15) is 4.39 Å². The van der Waals surface area contributed by atoms with E-state index in [1.807, 2.05) is 25.1 Å². The van der Waals surface area contributed by atoms with E-state index in [1.54, 1.807) is 6.07 Å². The zero-order chi connectivity index (χ0) is 14.7. The van der Waals surface area contributed by atoms with Gasteiger partial charge in [-0.25, -0.2) is 4.39 Å². The molecule has 0 aromatic heterocycles. The van der Waals surface area contributed by atoms with E-state index in [1.165, 1.54) is 6.07 Å². The summed E-state index contributed by atoms with van der Waals surface area (Å²) in [6.45, 7) is 2.31. The molecule has 2 aromatic rings. The van der Waals surface area contributed by atoms with Gasteiger partial charge in [0.25, 0.3) is 0 Å². The van der Waals surface area contributed by atoms with Crippen molar-refractivity contribution in [2.45, 2.75) is 18.9 Å². The number of hydrogen-bond acceptors (Lipinski definition) is 1. The van der Waals surface area contributed by atoms with E-state index in [2.05, 4.69) is 47.8 Å². The molecular formula is C15H12Br3FO. The van der Waals surface area contributed by atoms with Gasteiger partial charge in [-0.1, -0.05) is 44.0 Å². The Balaban J connectivity index is 2.25. The topological polar surface area (TPSA) is 9.23 Å². The number of alkyl halides is 1. The molecule has 0 atom stereocenters. The van der Waals surface area contributed by atoms with Gasteiger partial charge < -0.3 is 4.74 Å². The Morgan fingerprint density at radius 3 is 2.60 bits per heavy atom. The predicted octanol–water partition coefficient (Wildman–Crippen LogP) is 6.13. The molecule has 0 radical (unpaired) electrons. The summed E-state index contributed by atoms with van der Waals surface area (Å²) >= 11 is 10.2. The van der Waals surface area contributed by atoms with Gasteiger partial charge in [0.05, 0.1) is 4.47 Å². The minimum Gasteiger partial charge on any atom is -0.488 e. The number of halogens is 4. The van der Waals surface area contributed by atoms with E-state index in [0.717, 1.165) is 26.9 Å². The van der Waals surface area contributed by atoms with E-state index < -0.39 is 0 Å². The number of hydrogen-bond donors (Lipinski definition) is 0. The van der Waals surface area contributed by atoms with E-state index in [0.29, 0.717) is 16.4 Å². The quantitative estimate of drug-likeness (QED) is 0.492. The third-order valence-electron chi connectivity index (χ3n) is 2.86. The monoisotopic (exact) mass is 464 g/mol. The fourth-order valence-corrected chi connectivity index (χ4v) is 3.33. The maximum Gasteiger partial charge on any atom is 0.137 e. The average molecular weight is 467 g/mol. The van der Waals surface area contributed by atoms with Crippen LogP contribution in [0.2, 0.25) is 0 Å². The molecule has 0 amide bonds. The van der Waals surface area contributed by atoms with Crippen molar-refractivity contribution >= 4 is 47.8 Å². The van der Waals surface area contributed by atoms with Crippen molar-refractivity contribution < 1.29 is 9.13 Å². The summed E-state index contributed by atoms with van der Waals surface area (Å²) in [5.74, 6) is 0.556. The van der Waals surface area contributed by atoms with Gasteiger partial charge in [0.15, 0.2) is 0 Å². The summed E-state index contributed by atoms with van der Waals surface area (Å²) in [6.07, 6.45) is 0. The van der Waals surface area contributed by atoms with Crippen LogP contribution in [0.15, 0.2) is 39.3 Å². The largest absolute Gasteiger partial charge is 0.488 e. The van der Waals surface area contributed by atoms with Crippen molar-refractivity contribution in [2.24, 2.45) is 0 Å². The zero-order valence-corrected chi connectivity index (χ0v) is 15.5. The van der Waals surface area contributed by atoms with Crippen molar-refractivity contribution in [3.8, 4) is 5.75 Å². The van der Waals surface area contributed by atoms with Crippen LogP contribution < -0.4 is 4.74 Å². The van der Waals surface area contributed by atoms with Gasteiger partial charge in [-0.15, -0.1) is 0 Å². The lowest BCUT2D eigenvalue weighted by molar-refractivity contribution is 0.300. The maximum absolute atomic E-state index is 13.5. The van der Waals surface area contributed by atoms with Crippen molar-refractivity contribution in [1.82, 2.24) is 0 Å². The molecule has 0 aliphatic carbocycles. The predicted molar refractivity (Wildman–Crippen MR) is 89.9 cm³/mol. The number of ether oxygens (including phenoxy) is 1. The third-order valence-corrected chi connectivity index (χ3v) is 4.81. The maximum atomic E-state index is 13.5. The van der Waals surface area contributed by atoms with Crippen LogP contribution in [0.25, 0.3) is 0 Å². The molecule has 0 unspecified atom stereocenters. The van der Waals surface area contributed by atoms with Crippen LogP contribution in [0.5, 0.6) is 5.75 Å². The molecule has 20 heavy (non-hydrogen) atoms. The fraction of sp³-hybridized carbons (Fsp3) is 0.200. The summed E-state index contributed by atoms with van der Waals surface area (Å²) in [6, 6.07) is 8.95. The number of aryl methyl sites for hydroxylation is 1. The molecule has 2 rings (SSSR count). The molecule has 0 saturated heterocycles. The van der Waals surface area contributed by atoms with E-state index >= 15 is 0 Å². The summed E-state index contributed by atoms with van der Waals surface area (Å²) < 4.78 is 20.8. The van der Waals surface area contributed by atoms with Crippen LogP contribution in [-0.4, -0.2) is 0 Å². The first-order valence-electron chi connectivity index (χ1n) is 5.93. The lowest BCUT2D eigenvalue weighted by Gasteiger charge is -2.14. The first-order chi connectivity index (χ1) is 9.52. The Morgan fingerprint density at radius 2 is 1.90 bits per heavy atom. The lowest BCUT2D eigenvalue weighted by atomic mass is 10.1. The molecule has 0 aliphatic heterocycles. The van der Waals surface area contributed by atoms with Gasteiger partial charge in [0.1, 0.15) is 18.2 Å². The van der Waals surface area contributed by atoms with Crippen LogP contribution in [0.4, 0.5) is 4.39 Å². The Morgan fingerprint density at radius 1 is 1.15 bits per heavy atom. The summed E-state index contributed by atoms with van der Waals surface area (Å²) in [7, 11) is 0. The minimum absolute atomic E-state index is 0.278. The van der Waals surface area contributed by atoms with Crippen LogP contribution in [0.3, 0.4) is 0 Å². The fourth-order valence-electron chi connectivity index (χ4n) is 1.91. The van der Waals surface area contributed by atoms with Gasteiger partial charge in [-0.3, -0.25) is 0 Å². The summed E-state index contributed by atoms with van der Waals surface area (Å²) in [5, 5.41) is 0.701. The Labute approximate surface area is 142 Å². The highest BCUT2D eigenvalue weighted by Crippen LogP contribution is 2.31. The molecule has 106 valence electrons. The van der Waals surface area contributed by atoms with E-state index in [4.69, 9.17) is 4.74 Å². The Bertz CT molecular complexity index is 629. The summed E-state index contributed by atoms with van der Waals surface area (Å²) in [4.78, 5) is 0. The smallest absolute Gasteiger partial charge is 0.137 e. The van der Waals surface area contributed by atoms with Crippen LogP contribution in [0.1, 0.15) is 16.7 Å². The minimum atomic E-state index is -0.278. The molecule has 0 N–H and O–H groups in total. The molecule has 0 aliphatic rings. The van der Waals surface area contributed by atoms with Gasteiger partial charge in [-0.2, -0.15) is 0 Å². The molecule has 0 heterocycles. The molecule has 5 heteroatoms. The van der Waals surface area contributed by atoms with E-state index in [-0.39, 0.29) is 5.82 Å². The number of rotatable bonds is 4. The first kappa shape index (κ1) is 16.0. The highest BCUT2D eigenvalue weighted by molar-refractivity contribution is 9.10. The third kappa shape index (κ3) is 3.62. The lowest BCUT2D eigenvalue weighted by Crippen LogP contribution is -2.01. The highest BCUT2D eigenvalue weighted by atomic mass is 79.9. The molecule has 0 saturated carbocycles. The normalized spacial score (nSPS) is 10.7. The average Bonchev–Trinajstić information content (AvgIpc) is 2.41. The first-order valence-corrected chi connectivity index (χ1v) is 8.64. The van der Waals surface area contributed by atoms with Gasteiger partial charge >= 0.3 is 0 Å². The van der Waals surface area contributed by atoms with Crippen molar-refractivity contribution in [2.75, 3.05) is 0 Å². The second-order valence-corrected chi connectivity index (χ2v) is 6.62. The molecule has 0 bridgehead atoms. The SMILES string of the molecule is Cc1cc(Br)cc(CBr)c1OCc1cccc(F)c1Br. The van der Waals surface area contributed by atoms with Gasteiger partial charge in [0, 0.05) is 20.9 Å². The molecular weight excluding hydrogens is 455 g/mol. The van der Waals surface area contributed by atoms with Crippen LogP contribution in [0, 0.1) is 12.7 Å².